The first-order valence-electron chi connectivity index (χ1n) is 0.606. The summed E-state index contributed by atoms with van der Waals surface area (Å²) in [6, 6.07) is 0. The minimum absolute atomic E-state index is 0.111. The molecule has 0 fully saturated rings. The van der Waals surface area contributed by atoms with E-state index < -0.39 is 0 Å². The third-order valence-electron chi connectivity index (χ3n) is 0. The molecule has 4 heteroatoms. The third-order valence-corrected chi connectivity index (χ3v) is 0. The van der Waals surface area contributed by atoms with Gasteiger partial charge in [-0.05, 0) is 0 Å². The molecule has 0 saturated carbocycles. The van der Waals surface area contributed by atoms with Crippen LogP contribution in [0.5, 0.6) is 0 Å². The topological polar surface area (TPSA) is 40.3 Å². The van der Waals surface area contributed by atoms with Crippen molar-refractivity contribution in [3.8, 4) is 0 Å². The van der Waals surface area contributed by atoms with Gasteiger partial charge >= 0.3 is 50.3 Å². The Morgan fingerprint density at radius 3 is 2.00 bits per heavy atom. The molecule has 0 rings (SSSR count). The van der Waals surface area contributed by atoms with E-state index in [0.29, 0.717) is 0 Å². The van der Waals surface area contributed by atoms with E-state index in [9.17, 15) is 0 Å². The van der Waals surface area contributed by atoms with Crippen molar-refractivity contribution in [2.24, 2.45) is 0 Å². The van der Waals surface area contributed by atoms with Gasteiger partial charge in [-0.25, -0.2) is 0 Å². The summed E-state index contributed by atoms with van der Waals surface area (Å²) < 4.78 is -0.111. The maximum absolute atomic E-state index is 8.98. The molecule has 0 aliphatic heterocycles. The standard InChI is InChI=1S/HNO2.Nd/c2-1-3;/h(H,2,3);. The zero-order valence-electron chi connectivity index (χ0n) is 1.80. The van der Waals surface area contributed by atoms with Gasteiger partial charge in [0.05, 0.1) is 0 Å². The molecule has 0 bridgehead atoms. The van der Waals surface area contributed by atoms with Gasteiger partial charge in [0.2, 0.25) is 0 Å². The summed E-state index contributed by atoms with van der Waals surface area (Å²) in [6.07, 6.45) is 0. The fraction of sp³-hybridized carbons (Fsp3) is 0. The molecule has 22 valence electrons. The molecule has 0 aromatic heterocycles. The van der Waals surface area contributed by atoms with Crippen LogP contribution in [0.1, 0.15) is 0 Å². The normalized spacial score (nSPS) is 6.00. The SMILES string of the molecule is O=[N+](O)[Nd-]. The molecule has 1 N–H and O–H groups in total. The molecule has 0 atom stereocenters. The van der Waals surface area contributed by atoms with Gasteiger partial charge in [0, 0.05) is 0 Å². The quantitative estimate of drug-likeness (QED) is 0.530. The van der Waals surface area contributed by atoms with E-state index in [-0.39, 0.29) is 40.2 Å². The number of hydrogen-bond donors (Lipinski definition) is 1. The Bertz CT molecular complexity index is 29.0. The van der Waals surface area contributed by atoms with Gasteiger partial charge in [-0.1, -0.05) is 0 Å². The van der Waals surface area contributed by atoms with Gasteiger partial charge in [-0.15, -0.1) is 0 Å². The summed E-state index contributed by atoms with van der Waals surface area (Å²) in [4.78, 5) is 8.98. The van der Waals surface area contributed by atoms with Crippen LogP contribution in [-0.4, -0.2) is 6.21 Å². The van der Waals surface area contributed by atoms with Gasteiger partial charge in [0.15, 0.2) is 0 Å². The summed E-state index contributed by atoms with van der Waals surface area (Å²) in [5, 5.41) is 7.40. The Hall–Kier alpha value is 0.751. The van der Waals surface area contributed by atoms with Crippen molar-refractivity contribution in [2.45, 2.75) is 0 Å². The molecule has 0 heterocycles. The summed E-state index contributed by atoms with van der Waals surface area (Å²) in [6.45, 7) is 0. The molecule has 0 spiro atoms. The summed E-state index contributed by atoms with van der Waals surface area (Å²) in [7, 11) is 0. The van der Waals surface area contributed by atoms with Crippen LogP contribution in [0.4, 0.5) is 0 Å². The molecule has 0 amide bonds. The van der Waals surface area contributed by atoms with Crippen molar-refractivity contribution in [3.63, 3.8) is 0 Å². The van der Waals surface area contributed by atoms with Gasteiger partial charge in [-0.2, -0.15) is 0 Å². The summed E-state index contributed by atoms with van der Waals surface area (Å²) >= 11 is 0.182. The summed E-state index contributed by atoms with van der Waals surface area (Å²) in [5.41, 5.74) is 0. The Labute approximate surface area is 49.8 Å². The predicted octanol–water partition coefficient (Wildman–Crippen LogP) is -0.381. The van der Waals surface area contributed by atoms with Crippen molar-refractivity contribution in [1.82, 2.24) is 0 Å². The van der Waals surface area contributed by atoms with E-state index in [1.807, 2.05) is 0 Å². The molecule has 0 aliphatic rings. The van der Waals surface area contributed by atoms with Crippen LogP contribution in [0.25, 0.3) is 0 Å². The molecule has 0 radical (unpaired) electrons. The van der Waals surface area contributed by atoms with Crippen LogP contribution in [0.2, 0.25) is 0 Å². The Morgan fingerprint density at radius 1 is 2.00 bits per heavy atom. The van der Waals surface area contributed by atoms with Crippen LogP contribution in [-0.2, 0) is 0 Å². The van der Waals surface area contributed by atoms with Crippen LogP contribution >= 0.6 is 0 Å². The number of hydrogen-bond acceptors (Lipinski definition) is 1. The fourth-order valence-electron chi connectivity index (χ4n) is 0. The van der Waals surface area contributed by atoms with Gasteiger partial charge in [-0.3, -0.25) is 0 Å². The van der Waals surface area contributed by atoms with Crippen LogP contribution in [0.15, 0.2) is 0 Å². The molecule has 0 aliphatic carbocycles. The van der Waals surface area contributed by atoms with E-state index in [1.165, 1.54) is 0 Å². The van der Waals surface area contributed by atoms with E-state index >= 15 is 0 Å². The fourth-order valence-corrected chi connectivity index (χ4v) is 0. The second-order valence-electron chi connectivity index (χ2n) is 0.273. The average molecular weight is 191 g/mol. The molecule has 0 unspecified atom stereocenters. The van der Waals surface area contributed by atoms with Crippen LogP contribution in [0, 0.1) is 44.1 Å². The van der Waals surface area contributed by atoms with Crippen LogP contribution < -0.4 is 0 Å². The van der Waals surface area contributed by atoms with E-state index in [1.54, 1.807) is 0 Å². The zero-order chi connectivity index (χ0) is 3.58. The summed E-state index contributed by atoms with van der Waals surface area (Å²) in [5.74, 6) is 0. The maximum atomic E-state index is 8.98. The molecule has 3 nitrogen and oxygen atoms in total. The van der Waals surface area contributed by atoms with Gasteiger partial charge in [0.25, 0.3) is 0 Å². The number of rotatable bonds is 0. The Balaban J connectivity index is 2.80. The van der Waals surface area contributed by atoms with E-state index in [4.69, 9.17) is 10.1 Å². The first-order valence-corrected chi connectivity index (χ1v) is 2.04. The molecule has 0 aromatic rings. The first-order chi connectivity index (χ1) is 1.73. The second kappa shape index (κ2) is 2.02. The Kier molecular flexibility index (Phi) is 2.40. The van der Waals surface area contributed by atoms with Crippen molar-refractivity contribution in [1.29, 1.82) is 0 Å². The van der Waals surface area contributed by atoms with Crippen LogP contribution in [0.3, 0.4) is 0 Å². The first kappa shape index (κ1) is 4.75. The number of nitrogens with zero attached hydrogens (tertiary/aromatic N) is 1. The Morgan fingerprint density at radius 2 is 2.00 bits per heavy atom. The molecule has 4 heavy (non-hydrogen) atoms. The monoisotopic (exact) mass is 189 g/mol. The van der Waals surface area contributed by atoms with Gasteiger partial charge in [0.1, 0.15) is 0 Å². The van der Waals surface area contributed by atoms with E-state index in [2.05, 4.69) is 0 Å². The average Bonchev–Trinajstić information content (AvgIpc) is 0.811. The second-order valence-corrected chi connectivity index (χ2v) is 1.50. The minimum atomic E-state index is -0.111. The molecular weight excluding hydrogens is 190 g/mol. The van der Waals surface area contributed by atoms with E-state index in [0.717, 1.165) is 0 Å². The zero-order valence-corrected chi connectivity index (χ0v) is 5.01. The van der Waals surface area contributed by atoms with Gasteiger partial charge < -0.3 is 0 Å². The third kappa shape index (κ3) is 15.0. The van der Waals surface area contributed by atoms with Crippen molar-refractivity contribution in [3.05, 3.63) is 4.91 Å². The van der Waals surface area contributed by atoms with Crippen molar-refractivity contribution in [2.75, 3.05) is 0 Å². The van der Waals surface area contributed by atoms with Crippen molar-refractivity contribution < 1.29 is 45.4 Å². The molecule has 0 saturated heterocycles. The molecular formula is HNNdO2. The molecule has 0 aromatic carbocycles. The van der Waals surface area contributed by atoms with Crippen molar-refractivity contribution >= 4 is 0 Å². The predicted molar refractivity (Wildman–Crippen MR) is 5.41 cm³/mol.